The van der Waals surface area contributed by atoms with Crippen LogP contribution in [0.15, 0.2) is 85.1 Å². The van der Waals surface area contributed by atoms with Crippen molar-refractivity contribution in [1.82, 2.24) is 9.88 Å². The Hall–Kier alpha value is -3.04. The summed E-state index contributed by atoms with van der Waals surface area (Å²) in [6.45, 7) is 3.01. The minimum absolute atomic E-state index is 0.660. The molecule has 3 aromatic carbocycles. The minimum Gasteiger partial charge on any atom is -0.363 e. The predicted molar refractivity (Wildman–Crippen MR) is 130 cm³/mol. The zero-order chi connectivity index (χ0) is 21.0. The summed E-state index contributed by atoms with van der Waals surface area (Å²) in [4.78, 5) is 8.51. The van der Waals surface area contributed by atoms with E-state index in [9.17, 15) is 0 Å². The number of nitrogens with zero attached hydrogens (tertiary/aromatic N) is 2. The third kappa shape index (κ3) is 4.52. The summed E-state index contributed by atoms with van der Waals surface area (Å²) >= 11 is 0. The van der Waals surface area contributed by atoms with Gasteiger partial charge in [-0.2, -0.15) is 0 Å². The van der Waals surface area contributed by atoms with Crippen LogP contribution in [0.1, 0.15) is 29.5 Å². The van der Waals surface area contributed by atoms with E-state index in [2.05, 4.69) is 107 Å². The lowest BCUT2D eigenvalue weighted by Crippen LogP contribution is -2.26. The normalized spacial score (nSPS) is 16.7. The van der Waals surface area contributed by atoms with E-state index in [-0.39, 0.29) is 0 Å². The second-order valence-corrected chi connectivity index (χ2v) is 8.85. The van der Waals surface area contributed by atoms with Gasteiger partial charge in [0.1, 0.15) is 0 Å². The van der Waals surface area contributed by atoms with Crippen molar-refractivity contribution in [3.05, 3.63) is 102 Å². The van der Waals surface area contributed by atoms with E-state index in [1.54, 1.807) is 0 Å². The molecule has 0 saturated carbocycles. The Morgan fingerprint density at radius 1 is 0.903 bits per heavy atom. The molecule has 0 unspecified atom stereocenters. The first kappa shape index (κ1) is 19.9. The molecule has 1 aliphatic heterocycles. The molecule has 1 saturated heterocycles. The van der Waals surface area contributed by atoms with Gasteiger partial charge >= 0.3 is 0 Å². The highest BCUT2D eigenvalue weighted by molar-refractivity contribution is 5.86. The molecule has 1 N–H and O–H groups in total. The minimum atomic E-state index is 0.660. The zero-order valence-electron chi connectivity index (χ0n) is 18.3. The van der Waals surface area contributed by atoms with E-state index < -0.39 is 0 Å². The monoisotopic (exact) mass is 409 g/mol. The van der Waals surface area contributed by atoms with Crippen molar-refractivity contribution in [3.63, 3.8) is 0 Å². The highest BCUT2D eigenvalue weighted by atomic mass is 15.1. The molecule has 3 heteroatoms. The van der Waals surface area contributed by atoms with Crippen molar-refractivity contribution in [2.24, 2.45) is 0 Å². The van der Waals surface area contributed by atoms with Crippen LogP contribution in [0.4, 0.5) is 5.69 Å². The first-order valence-corrected chi connectivity index (χ1v) is 11.4. The summed E-state index contributed by atoms with van der Waals surface area (Å²) in [7, 11) is 2.26. The number of aromatic nitrogens is 1. The molecule has 0 radical (unpaired) electrons. The van der Waals surface area contributed by atoms with Crippen molar-refractivity contribution < 1.29 is 0 Å². The number of hydrogen-bond donors (Lipinski definition) is 1. The van der Waals surface area contributed by atoms with Crippen LogP contribution in [0.25, 0.3) is 10.9 Å². The van der Waals surface area contributed by atoms with Gasteiger partial charge in [-0.1, -0.05) is 60.7 Å². The summed E-state index contributed by atoms with van der Waals surface area (Å²) in [6.07, 6.45) is 5.96. The Morgan fingerprint density at radius 3 is 2.19 bits per heavy atom. The molecular formula is C28H31N3. The van der Waals surface area contributed by atoms with Crippen LogP contribution < -0.4 is 4.90 Å². The molecule has 0 spiro atoms. The van der Waals surface area contributed by atoms with Gasteiger partial charge in [-0.15, -0.1) is 0 Å². The summed E-state index contributed by atoms with van der Waals surface area (Å²) in [5.41, 5.74) is 6.62. The Balaban J connectivity index is 1.47. The smallest absolute Gasteiger partial charge is 0.0458 e. The second kappa shape index (κ2) is 8.99. The number of benzene rings is 3. The van der Waals surface area contributed by atoms with Gasteiger partial charge in [0, 0.05) is 41.9 Å². The van der Waals surface area contributed by atoms with Crippen LogP contribution in [0.3, 0.4) is 0 Å². The second-order valence-electron chi connectivity index (χ2n) is 8.85. The van der Waals surface area contributed by atoms with Gasteiger partial charge in [0.05, 0.1) is 0 Å². The van der Waals surface area contributed by atoms with Crippen molar-refractivity contribution in [2.75, 3.05) is 18.5 Å². The maximum Gasteiger partial charge on any atom is 0.0458 e. The molecule has 5 rings (SSSR count). The van der Waals surface area contributed by atoms with Gasteiger partial charge in [0.25, 0.3) is 0 Å². The molecule has 4 aromatic rings. The number of likely N-dealkylation sites (tertiary alicyclic amines) is 1. The van der Waals surface area contributed by atoms with E-state index in [0.29, 0.717) is 6.04 Å². The van der Waals surface area contributed by atoms with E-state index in [0.717, 1.165) is 19.5 Å². The summed E-state index contributed by atoms with van der Waals surface area (Å²) in [5.74, 6) is 0. The van der Waals surface area contributed by atoms with Crippen molar-refractivity contribution in [3.8, 4) is 0 Å². The van der Waals surface area contributed by atoms with Gasteiger partial charge in [-0.05, 0) is 67.7 Å². The van der Waals surface area contributed by atoms with Gasteiger partial charge < -0.3 is 14.8 Å². The molecule has 0 amide bonds. The zero-order valence-corrected chi connectivity index (χ0v) is 18.3. The number of hydrogen-bond acceptors (Lipinski definition) is 2. The van der Waals surface area contributed by atoms with Crippen molar-refractivity contribution in [1.29, 1.82) is 0 Å². The van der Waals surface area contributed by atoms with E-state index in [1.165, 1.54) is 52.7 Å². The Morgan fingerprint density at radius 2 is 1.58 bits per heavy atom. The number of nitrogens with one attached hydrogen (secondary N) is 1. The van der Waals surface area contributed by atoms with Crippen LogP contribution >= 0.6 is 0 Å². The fourth-order valence-electron chi connectivity index (χ4n) is 4.87. The van der Waals surface area contributed by atoms with Gasteiger partial charge in [0.15, 0.2) is 0 Å². The SMILES string of the molecule is CN1CCC[C@@H]1Cc1c[nH]c2ccc(N(Cc3ccccc3)Cc3ccccc3)cc12. The van der Waals surface area contributed by atoms with Crippen LogP contribution in [0.2, 0.25) is 0 Å². The average Bonchev–Trinajstić information content (AvgIpc) is 3.40. The third-order valence-electron chi connectivity index (χ3n) is 6.68. The van der Waals surface area contributed by atoms with Gasteiger partial charge in [-0.3, -0.25) is 0 Å². The molecule has 3 nitrogen and oxygen atoms in total. The summed E-state index contributed by atoms with van der Waals surface area (Å²) in [6, 6.07) is 29.1. The lowest BCUT2D eigenvalue weighted by molar-refractivity contribution is 0.310. The fraction of sp³-hybridized carbons (Fsp3) is 0.286. The standard InChI is InChI=1S/C28H31N3/c1-30-16-8-13-25(30)17-24-19-29-28-15-14-26(18-27(24)28)31(20-22-9-4-2-5-10-22)21-23-11-6-3-7-12-23/h2-7,9-12,14-15,18-19,25,29H,8,13,16-17,20-21H2,1H3/t25-/m1/s1. The lowest BCUT2D eigenvalue weighted by atomic mass is 10.0. The average molecular weight is 410 g/mol. The molecule has 31 heavy (non-hydrogen) atoms. The predicted octanol–water partition coefficient (Wildman–Crippen LogP) is 6.01. The number of anilines is 1. The van der Waals surface area contributed by atoms with E-state index >= 15 is 0 Å². The van der Waals surface area contributed by atoms with E-state index in [1.807, 2.05) is 0 Å². The molecule has 0 bridgehead atoms. The Bertz CT molecular complexity index is 1080. The quantitative estimate of drug-likeness (QED) is 0.404. The highest BCUT2D eigenvalue weighted by Crippen LogP contribution is 2.29. The molecule has 1 fully saturated rings. The largest absolute Gasteiger partial charge is 0.363 e. The molecule has 158 valence electrons. The van der Waals surface area contributed by atoms with Crippen LogP contribution in [-0.2, 0) is 19.5 Å². The third-order valence-corrected chi connectivity index (χ3v) is 6.68. The molecule has 1 aromatic heterocycles. The van der Waals surface area contributed by atoms with Crippen LogP contribution in [0, 0.1) is 0 Å². The highest BCUT2D eigenvalue weighted by Gasteiger charge is 2.22. The number of H-pyrrole nitrogens is 1. The maximum atomic E-state index is 3.51. The molecular weight excluding hydrogens is 378 g/mol. The number of likely N-dealkylation sites (N-methyl/N-ethyl adjacent to an activating group) is 1. The molecule has 0 aliphatic carbocycles. The molecule has 1 atom stereocenters. The van der Waals surface area contributed by atoms with Gasteiger partial charge in [0.2, 0.25) is 0 Å². The first-order chi connectivity index (χ1) is 15.3. The maximum absolute atomic E-state index is 3.51. The number of rotatable bonds is 7. The van der Waals surface area contributed by atoms with Crippen molar-refractivity contribution in [2.45, 2.75) is 38.4 Å². The van der Waals surface area contributed by atoms with E-state index in [4.69, 9.17) is 0 Å². The number of fused-ring (bicyclic) bond motifs is 1. The fourth-order valence-corrected chi connectivity index (χ4v) is 4.87. The molecule has 2 heterocycles. The topological polar surface area (TPSA) is 22.3 Å². The Kier molecular flexibility index (Phi) is 5.77. The molecule has 1 aliphatic rings. The summed E-state index contributed by atoms with van der Waals surface area (Å²) in [5, 5.41) is 1.36. The first-order valence-electron chi connectivity index (χ1n) is 11.4. The van der Waals surface area contributed by atoms with Crippen LogP contribution in [-0.4, -0.2) is 29.5 Å². The Labute approximate surface area is 185 Å². The summed E-state index contributed by atoms with van der Waals surface area (Å²) < 4.78 is 0. The lowest BCUT2D eigenvalue weighted by Gasteiger charge is -2.26. The van der Waals surface area contributed by atoms with Crippen molar-refractivity contribution >= 4 is 16.6 Å². The van der Waals surface area contributed by atoms with Gasteiger partial charge in [-0.25, -0.2) is 0 Å². The number of aromatic amines is 1. The van der Waals surface area contributed by atoms with Crippen LogP contribution in [0.5, 0.6) is 0 Å².